The first-order chi connectivity index (χ1) is 8.36. The van der Waals surface area contributed by atoms with Crippen LogP contribution in [-0.2, 0) is 4.74 Å². The fourth-order valence-electron chi connectivity index (χ4n) is 2.06. The molecule has 1 atom stereocenters. The molecule has 0 aromatic heterocycles. The highest BCUT2D eigenvalue weighted by Crippen LogP contribution is 2.35. The van der Waals surface area contributed by atoms with E-state index in [1.54, 1.807) is 7.11 Å². The second-order valence-electron chi connectivity index (χ2n) is 3.89. The average Bonchev–Trinajstić information content (AvgIpc) is 2.40. The van der Waals surface area contributed by atoms with Gasteiger partial charge in [0.25, 0.3) is 0 Å². The van der Waals surface area contributed by atoms with Crippen LogP contribution in [0.3, 0.4) is 0 Å². The Morgan fingerprint density at radius 1 is 1.47 bits per heavy atom. The summed E-state index contributed by atoms with van der Waals surface area (Å²) in [6.07, 6.45) is 0. The largest absolute Gasteiger partial charge is 0.493 e. The number of hydrogen-bond donors (Lipinski definition) is 1. The number of methoxy groups -OCH3 is 1. The van der Waals surface area contributed by atoms with E-state index in [9.17, 15) is 0 Å². The van der Waals surface area contributed by atoms with Crippen LogP contribution < -0.4 is 14.8 Å². The Balaban J connectivity index is 2.28. The van der Waals surface area contributed by atoms with Gasteiger partial charge in [0.1, 0.15) is 0 Å². The molecule has 4 heteroatoms. The summed E-state index contributed by atoms with van der Waals surface area (Å²) in [5.74, 6) is 1.59. The standard InChI is InChI=1S/C13H19NO3/c1-3-17-12-6-4-5-10(13(12)15-2)11-9-16-8-7-14-11/h4-6,11,14H,3,7-9H2,1-2H3. The maximum absolute atomic E-state index is 5.57. The zero-order chi connectivity index (χ0) is 12.1. The normalized spacial score (nSPS) is 20.0. The second-order valence-corrected chi connectivity index (χ2v) is 3.89. The molecule has 1 saturated heterocycles. The molecule has 1 aliphatic rings. The summed E-state index contributed by atoms with van der Waals surface area (Å²) in [6.45, 7) is 4.91. The van der Waals surface area contributed by atoms with Crippen LogP contribution in [0.25, 0.3) is 0 Å². The Hall–Kier alpha value is -1.26. The monoisotopic (exact) mass is 237 g/mol. The van der Waals surface area contributed by atoms with Gasteiger partial charge in [-0.2, -0.15) is 0 Å². The molecular formula is C13H19NO3. The van der Waals surface area contributed by atoms with Gasteiger partial charge in [-0.05, 0) is 13.0 Å². The van der Waals surface area contributed by atoms with Crippen LogP contribution in [0, 0.1) is 0 Å². The molecule has 0 radical (unpaired) electrons. The first-order valence-electron chi connectivity index (χ1n) is 5.97. The highest BCUT2D eigenvalue weighted by atomic mass is 16.5. The molecule has 1 N–H and O–H groups in total. The van der Waals surface area contributed by atoms with Gasteiger partial charge in [-0.1, -0.05) is 12.1 Å². The van der Waals surface area contributed by atoms with Crippen molar-refractivity contribution in [3.63, 3.8) is 0 Å². The Morgan fingerprint density at radius 2 is 2.35 bits per heavy atom. The molecule has 1 aromatic rings. The zero-order valence-corrected chi connectivity index (χ0v) is 10.4. The van der Waals surface area contributed by atoms with Gasteiger partial charge in [-0.25, -0.2) is 0 Å². The maximum Gasteiger partial charge on any atom is 0.165 e. The molecule has 1 heterocycles. The Bertz CT molecular complexity index is 362. The maximum atomic E-state index is 5.57. The molecule has 0 amide bonds. The third-order valence-electron chi connectivity index (χ3n) is 2.81. The van der Waals surface area contributed by atoms with E-state index in [0.29, 0.717) is 13.2 Å². The van der Waals surface area contributed by atoms with Crippen LogP contribution in [0.5, 0.6) is 11.5 Å². The van der Waals surface area contributed by atoms with Crippen LogP contribution >= 0.6 is 0 Å². The molecule has 0 saturated carbocycles. The van der Waals surface area contributed by atoms with E-state index in [0.717, 1.165) is 30.2 Å². The van der Waals surface area contributed by atoms with Crippen molar-refractivity contribution in [2.45, 2.75) is 13.0 Å². The first kappa shape index (κ1) is 12.2. The molecular weight excluding hydrogens is 218 g/mol. The van der Waals surface area contributed by atoms with Gasteiger partial charge in [0, 0.05) is 12.1 Å². The van der Waals surface area contributed by atoms with Crippen LogP contribution in [0.2, 0.25) is 0 Å². The summed E-state index contributed by atoms with van der Waals surface area (Å²) < 4.78 is 16.5. The van der Waals surface area contributed by atoms with E-state index in [4.69, 9.17) is 14.2 Å². The lowest BCUT2D eigenvalue weighted by molar-refractivity contribution is 0.0759. The van der Waals surface area contributed by atoms with Crippen LogP contribution in [0.15, 0.2) is 18.2 Å². The fourth-order valence-corrected chi connectivity index (χ4v) is 2.06. The number of rotatable bonds is 4. The molecule has 1 aromatic carbocycles. The molecule has 0 bridgehead atoms. The van der Waals surface area contributed by atoms with E-state index < -0.39 is 0 Å². The van der Waals surface area contributed by atoms with Gasteiger partial charge in [-0.15, -0.1) is 0 Å². The molecule has 1 unspecified atom stereocenters. The molecule has 1 aliphatic heterocycles. The van der Waals surface area contributed by atoms with Crippen LogP contribution in [0.4, 0.5) is 0 Å². The van der Waals surface area contributed by atoms with Gasteiger partial charge < -0.3 is 19.5 Å². The van der Waals surface area contributed by atoms with Gasteiger partial charge >= 0.3 is 0 Å². The number of morpholine rings is 1. The molecule has 94 valence electrons. The SMILES string of the molecule is CCOc1cccc(C2COCCN2)c1OC. The minimum Gasteiger partial charge on any atom is -0.493 e. The van der Waals surface area contributed by atoms with E-state index in [1.165, 1.54) is 0 Å². The zero-order valence-electron chi connectivity index (χ0n) is 10.4. The Kier molecular flexibility index (Phi) is 4.23. The van der Waals surface area contributed by atoms with E-state index >= 15 is 0 Å². The highest BCUT2D eigenvalue weighted by Gasteiger charge is 2.21. The van der Waals surface area contributed by atoms with Crippen molar-refractivity contribution in [1.82, 2.24) is 5.32 Å². The number of hydrogen-bond acceptors (Lipinski definition) is 4. The summed E-state index contributed by atoms with van der Waals surface area (Å²) in [7, 11) is 1.67. The molecule has 0 spiro atoms. The van der Waals surface area contributed by atoms with Gasteiger partial charge in [-0.3, -0.25) is 0 Å². The van der Waals surface area contributed by atoms with Crippen molar-refractivity contribution in [1.29, 1.82) is 0 Å². The third-order valence-corrected chi connectivity index (χ3v) is 2.81. The van der Waals surface area contributed by atoms with Crippen molar-refractivity contribution in [3.8, 4) is 11.5 Å². The van der Waals surface area contributed by atoms with E-state index in [1.807, 2.05) is 25.1 Å². The van der Waals surface area contributed by atoms with Crippen molar-refractivity contribution in [3.05, 3.63) is 23.8 Å². The number of ether oxygens (including phenoxy) is 3. The number of para-hydroxylation sites is 1. The van der Waals surface area contributed by atoms with Crippen molar-refractivity contribution in [2.24, 2.45) is 0 Å². The van der Waals surface area contributed by atoms with Crippen molar-refractivity contribution < 1.29 is 14.2 Å². The second kappa shape index (κ2) is 5.89. The van der Waals surface area contributed by atoms with Crippen molar-refractivity contribution >= 4 is 0 Å². The minimum absolute atomic E-state index is 0.180. The summed E-state index contributed by atoms with van der Waals surface area (Å²) in [5.41, 5.74) is 1.10. The quantitative estimate of drug-likeness (QED) is 0.866. The molecule has 17 heavy (non-hydrogen) atoms. The Morgan fingerprint density at radius 3 is 3.00 bits per heavy atom. The van der Waals surface area contributed by atoms with Gasteiger partial charge in [0.05, 0.1) is 33.0 Å². The Labute approximate surface area is 102 Å². The summed E-state index contributed by atoms with van der Waals surface area (Å²) in [6, 6.07) is 6.14. The fraction of sp³-hybridized carbons (Fsp3) is 0.538. The van der Waals surface area contributed by atoms with E-state index in [2.05, 4.69) is 5.32 Å². The lowest BCUT2D eigenvalue weighted by Gasteiger charge is -2.26. The minimum atomic E-state index is 0.180. The molecule has 1 fully saturated rings. The molecule has 0 aliphatic carbocycles. The summed E-state index contributed by atoms with van der Waals surface area (Å²) in [4.78, 5) is 0. The highest BCUT2D eigenvalue weighted by molar-refractivity contribution is 5.48. The smallest absolute Gasteiger partial charge is 0.165 e. The summed E-state index contributed by atoms with van der Waals surface area (Å²) in [5, 5.41) is 3.42. The third kappa shape index (κ3) is 2.70. The lowest BCUT2D eigenvalue weighted by atomic mass is 10.0. The topological polar surface area (TPSA) is 39.7 Å². The predicted octanol–water partition coefficient (Wildman–Crippen LogP) is 1.75. The van der Waals surface area contributed by atoms with Gasteiger partial charge in [0.15, 0.2) is 11.5 Å². The van der Waals surface area contributed by atoms with Crippen LogP contribution in [0.1, 0.15) is 18.5 Å². The number of nitrogens with one attached hydrogen (secondary N) is 1. The van der Waals surface area contributed by atoms with Gasteiger partial charge in [0.2, 0.25) is 0 Å². The lowest BCUT2D eigenvalue weighted by Crippen LogP contribution is -2.34. The van der Waals surface area contributed by atoms with Crippen LogP contribution in [-0.4, -0.2) is 33.5 Å². The van der Waals surface area contributed by atoms with E-state index in [-0.39, 0.29) is 6.04 Å². The number of benzene rings is 1. The average molecular weight is 237 g/mol. The summed E-state index contributed by atoms with van der Waals surface area (Å²) >= 11 is 0. The molecule has 4 nitrogen and oxygen atoms in total. The van der Waals surface area contributed by atoms with Crippen molar-refractivity contribution in [2.75, 3.05) is 33.5 Å². The molecule has 2 rings (SSSR count). The predicted molar refractivity (Wildman–Crippen MR) is 65.7 cm³/mol. The first-order valence-corrected chi connectivity index (χ1v) is 5.97.